The van der Waals surface area contributed by atoms with Crippen LogP contribution in [0, 0.1) is 5.82 Å². The number of nitrogens with one attached hydrogen (secondary N) is 1. The lowest BCUT2D eigenvalue weighted by molar-refractivity contribution is 0.0982. The van der Waals surface area contributed by atoms with Crippen molar-refractivity contribution >= 4 is 67.8 Å². The van der Waals surface area contributed by atoms with E-state index in [1.807, 2.05) is 30.3 Å². The third-order valence-corrected chi connectivity index (χ3v) is 9.11. The number of thiophene rings is 1. The Morgan fingerprint density at radius 2 is 1.74 bits per heavy atom. The summed E-state index contributed by atoms with van der Waals surface area (Å²) in [6, 6.07) is 24.1. The Balaban J connectivity index is 1.22. The number of nitrogens with zero attached hydrogens (tertiary/aromatic N) is 2. The van der Waals surface area contributed by atoms with E-state index in [0.717, 1.165) is 21.7 Å². The van der Waals surface area contributed by atoms with Gasteiger partial charge in [-0.1, -0.05) is 48.0 Å². The van der Waals surface area contributed by atoms with Crippen LogP contribution in [0.1, 0.15) is 41.5 Å². The van der Waals surface area contributed by atoms with Gasteiger partial charge in [-0.3, -0.25) is 14.4 Å². The lowest BCUT2D eigenvalue weighted by Crippen LogP contribution is -2.32. The van der Waals surface area contributed by atoms with Gasteiger partial charge in [0.1, 0.15) is 11.0 Å². The molecule has 0 radical (unpaired) electrons. The number of carbonyl (C=O) groups excluding carboxylic acids is 3. The van der Waals surface area contributed by atoms with Crippen LogP contribution in [0.25, 0.3) is 10.4 Å². The van der Waals surface area contributed by atoms with Gasteiger partial charge in [0.2, 0.25) is 0 Å². The molecule has 0 saturated carbocycles. The van der Waals surface area contributed by atoms with Crippen LogP contribution in [0.15, 0.2) is 95.6 Å². The lowest BCUT2D eigenvalue weighted by Gasteiger charge is -2.23. The average Bonchev–Trinajstić information content (AvgIpc) is 3.38. The van der Waals surface area contributed by atoms with Crippen LogP contribution in [0.3, 0.4) is 0 Å². The van der Waals surface area contributed by atoms with Crippen LogP contribution in [-0.2, 0) is 12.8 Å². The van der Waals surface area contributed by atoms with Gasteiger partial charge in [0.25, 0.3) is 11.8 Å². The van der Waals surface area contributed by atoms with Crippen LogP contribution in [0.4, 0.5) is 15.8 Å². The van der Waals surface area contributed by atoms with Gasteiger partial charge in [0, 0.05) is 45.3 Å². The molecule has 1 aliphatic rings. The molecule has 0 bridgehead atoms. The first-order valence-electron chi connectivity index (χ1n) is 13.3. The van der Waals surface area contributed by atoms with Crippen molar-refractivity contribution in [3.8, 4) is 10.4 Å². The van der Waals surface area contributed by atoms with E-state index in [1.54, 1.807) is 53.4 Å². The number of anilines is 2. The molecule has 6 nitrogen and oxygen atoms in total. The second-order valence-corrected chi connectivity index (χ2v) is 12.2. The summed E-state index contributed by atoms with van der Waals surface area (Å²) in [6.45, 7) is 0.410. The highest BCUT2D eigenvalue weighted by Gasteiger charge is 2.28. The third kappa shape index (κ3) is 6.01. The molecule has 214 valence electrons. The number of benzene rings is 3. The quantitative estimate of drug-likeness (QED) is 0.145. The summed E-state index contributed by atoms with van der Waals surface area (Å²) in [5, 5.41) is 2.87. The Bertz CT molecular complexity index is 1890. The maximum atomic E-state index is 14.2. The highest BCUT2D eigenvalue weighted by atomic mass is 79.9. The fraction of sp³-hybridized carbons (Fsp3) is 0.0909. The molecule has 0 aliphatic carbocycles. The number of rotatable bonds is 6. The van der Waals surface area contributed by atoms with E-state index in [4.69, 9.17) is 11.6 Å². The molecule has 43 heavy (non-hydrogen) atoms. The molecule has 10 heteroatoms. The molecule has 0 unspecified atom stereocenters. The van der Waals surface area contributed by atoms with Crippen molar-refractivity contribution in [2.45, 2.75) is 12.8 Å². The van der Waals surface area contributed by atoms with Crippen molar-refractivity contribution in [1.82, 2.24) is 4.98 Å². The fourth-order valence-electron chi connectivity index (χ4n) is 4.98. The molecule has 0 saturated heterocycles. The van der Waals surface area contributed by atoms with Crippen LogP contribution >= 0.6 is 38.9 Å². The Kier molecular flexibility index (Phi) is 8.21. The molecule has 1 aliphatic heterocycles. The number of hydrogen-bond donors (Lipinski definition) is 1. The zero-order valence-electron chi connectivity index (χ0n) is 22.4. The maximum Gasteiger partial charge on any atom is 0.258 e. The Hall–Kier alpha value is -4.18. The van der Waals surface area contributed by atoms with E-state index in [-0.39, 0.29) is 28.8 Å². The zero-order valence-corrected chi connectivity index (χ0v) is 25.6. The molecule has 0 atom stereocenters. The smallest absolute Gasteiger partial charge is 0.258 e. The Morgan fingerprint density at radius 3 is 2.53 bits per heavy atom. The van der Waals surface area contributed by atoms with E-state index < -0.39 is 11.7 Å². The summed E-state index contributed by atoms with van der Waals surface area (Å²) in [5.41, 5.74) is 4.14. The van der Waals surface area contributed by atoms with E-state index in [0.29, 0.717) is 39.1 Å². The second kappa shape index (κ2) is 12.2. The van der Waals surface area contributed by atoms with Crippen LogP contribution < -0.4 is 10.2 Å². The molecule has 3 aromatic carbocycles. The number of halogens is 3. The zero-order chi connectivity index (χ0) is 30.1. The monoisotopic (exact) mass is 673 g/mol. The second-order valence-electron chi connectivity index (χ2n) is 9.90. The average molecular weight is 675 g/mol. The highest BCUT2D eigenvalue weighted by Crippen LogP contribution is 2.42. The summed E-state index contributed by atoms with van der Waals surface area (Å²) in [6.07, 6.45) is 2.04. The highest BCUT2D eigenvalue weighted by molar-refractivity contribution is 9.10. The Labute approximate surface area is 264 Å². The summed E-state index contributed by atoms with van der Waals surface area (Å²) >= 11 is 10.7. The molecule has 3 heterocycles. The standard InChI is InChI=1S/C33H22BrClFN3O3S/c34-22-17-25(31(35)37-18-22)32(41)38-23-11-9-19(10-12-23)33(42)39-14-13-21-16-29(28(40)15-20-5-1-3-7-26(20)36)43-30(21)24-6-2-4-8-27(24)39/h1-12,16-18H,13-15H2,(H,38,41). The molecule has 0 spiro atoms. The van der Waals surface area contributed by atoms with E-state index in [1.165, 1.54) is 23.6 Å². The van der Waals surface area contributed by atoms with Crippen LogP contribution in [0.5, 0.6) is 0 Å². The largest absolute Gasteiger partial charge is 0.322 e. The van der Waals surface area contributed by atoms with Gasteiger partial charge in [-0.05, 0) is 82.0 Å². The number of amides is 2. The van der Waals surface area contributed by atoms with E-state index >= 15 is 0 Å². The summed E-state index contributed by atoms with van der Waals surface area (Å²) in [4.78, 5) is 46.8. The molecular weight excluding hydrogens is 653 g/mol. The topological polar surface area (TPSA) is 79.4 Å². The normalized spacial score (nSPS) is 12.2. The van der Waals surface area contributed by atoms with Gasteiger partial charge in [0.15, 0.2) is 5.78 Å². The molecule has 2 amide bonds. The van der Waals surface area contributed by atoms with E-state index in [2.05, 4.69) is 26.2 Å². The number of pyridine rings is 1. The molecule has 5 aromatic rings. The first kappa shape index (κ1) is 28.9. The minimum atomic E-state index is -0.419. The van der Waals surface area contributed by atoms with Gasteiger partial charge >= 0.3 is 0 Å². The number of Topliss-reactive ketones (excluding diaryl/α,β-unsaturated/α-hetero) is 1. The number of fused-ring (bicyclic) bond motifs is 3. The molecule has 0 fully saturated rings. The number of para-hydroxylation sites is 1. The fourth-order valence-corrected chi connectivity index (χ4v) is 6.68. The third-order valence-electron chi connectivity index (χ3n) is 7.12. The van der Waals surface area contributed by atoms with Gasteiger partial charge in [-0.15, -0.1) is 11.3 Å². The summed E-state index contributed by atoms with van der Waals surface area (Å²) in [5.74, 6) is -1.14. The number of ketones is 1. The van der Waals surface area contributed by atoms with E-state index in [9.17, 15) is 18.8 Å². The molecule has 2 aromatic heterocycles. The minimum absolute atomic E-state index is 0.0123. The minimum Gasteiger partial charge on any atom is -0.322 e. The first-order valence-corrected chi connectivity index (χ1v) is 15.3. The maximum absolute atomic E-state index is 14.2. The molecule has 1 N–H and O–H groups in total. The number of aromatic nitrogens is 1. The molecule has 6 rings (SSSR count). The van der Waals surface area contributed by atoms with Gasteiger partial charge < -0.3 is 10.2 Å². The first-order chi connectivity index (χ1) is 20.8. The predicted octanol–water partition coefficient (Wildman–Crippen LogP) is 8.25. The lowest BCUT2D eigenvalue weighted by atomic mass is 10.0. The predicted molar refractivity (Wildman–Crippen MR) is 171 cm³/mol. The van der Waals surface area contributed by atoms with Crippen molar-refractivity contribution in [3.63, 3.8) is 0 Å². The van der Waals surface area contributed by atoms with Gasteiger partial charge in [0.05, 0.1) is 16.1 Å². The van der Waals surface area contributed by atoms with Crippen molar-refractivity contribution in [3.05, 3.63) is 134 Å². The summed E-state index contributed by atoms with van der Waals surface area (Å²) < 4.78 is 14.8. The van der Waals surface area contributed by atoms with Crippen molar-refractivity contribution in [1.29, 1.82) is 0 Å². The van der Waals surface area contributed by atoms with Crippen molar-refractivity contribution < 1.29 is 18.8 Å². The number of carbonyl (C=O) groups is 3. The van der Waals surface area contributed by atoms with Crippen molar-refractivity contribution in [2.24, 2.45) is 0 Å². The summed E-state index contributed by atoms with van der Waals surface area (Å²) in [7, 11) is 0. The van der Waals surface area contributed by atoms with Gasteiger partial charge in [-0.2, -0.15) is 0 Å². The van der Waals surface area contributed by atoms with Gasteiger partial charge in [-0.25, -0.2) is 9.37 Å². The van der Waals surface area contributed by atoms with Crippen molar-refractivity contribution in [2.75, 3.05) is 16.8 Å². The van der Waals surface area contributed by atoms with Crippen LogP contribution in [0.2, 0.25) is 5.15 Å². The number of hydrogen-bond acceptors (Lipinski definition) is 5. The Morgan fingerprint density at radius 1 is 1.00 bits per heavy atom. The SMILES string of the molecule is O=C(Cc1ccccc1F)c1cc2c(s1)-c1ccccc1N(C(=O)c1ccc(NC(=O)c3cc(Br)cnc3Cl)cc1)CC2. The van der Waals surface area contributed by atoms with Crippen LogP contribution in [-0.4, -0.2) is 29.1 Å². The molecular formula is C33H22BrClFN3O3S.